The molecular formula is C17H18O3. The molecule has 0 radical (unpaired) electrons. The van der Waals surface area contributed by atoms with Gasteiger partial charge >= 0.3 is 6.16 Å². The first-order chi connectivity index (χ1) is 9.70. The van der Waals surface area contributed by atoms with Gasteiger partial charge < -0.3 is 9.47 Å². The van der Waals surface area contributed by atoms with Crippen molar-refractivity contribution in [1.29, 1.82) is 0 Å². The van der Waals surface area contributed by atoms with E-state index in [-0.39, 0.29) is 0 Å². The lowest BCUT2D eigenvalue weighted by Crippen LogP contribution is -2.15. The molecule has 3 heteroatoms. The van der Waals surface area contributed by atoms with Crippen LogP contribution >= 0.6 is 0 Å². The van der Waals surface area contributed by atoms with Crippen LogP contribution in [0.3, 0.4) is 0 Å². The molecule has 0 fully saturated rings. The second-order valence-electron chi connectivity index (χ2n) is 4.58. The van der Waals surface area contributed by atoms with Crippen LogP contribution in [-0.2, 0) is 6.42 Å². The number of ether oxygens (including phenoxy) is 2. The lowest BCUT2D eigenvalue weighted by Gasteiger charge is -2.10. The second-order valence-corrected chi connectivity index (χ2v) is 4.58. The van der Waals surface area contributed by atoms with Gasteiger partial charge in [-0.15, -0.1) is 0 Å². The number of hydrogen-bond acceptors (Lipinski definition) is 3. The van der Waals surface area contributed by atoms with Gasteiger partial charge in [0.25, 0.3) is 0 Å². The van der Waals surface area contributed by atoms with Gasteiger partial charge in [0.05, 0.1) is 0 Å². The number of benzene rings is 2. The Bertz CT molecular complexity index is 590. The van der Waals surface area contributed by atoms with Crippen molar-refractivity contribution in [2.24, 2.45) is 0 Å². The van der Waals surface area contributed by atoms with E-state index in [1.807, 2.05) is 43.3 Å². The van der Waals surface area contributed by atoms with Crippen LogP contribution in [0.2, 0.25) is 0 Å². The Morgan fingerprint density at radius 3 is 2.25 bits per heavy atom. The molecule has 2 aromatic rings. The van der Waals surface area contributed by atoms with Gasteiger partial charge in [-0.2, -0.15) is 0 Å². The predicted molar refractivity (Wildman–Crippen MR) is 78.3 cm³/mol. The van der Waals surface area contributed by atoms with Crippen LogP contribution < -0.4 is 9.47 Å². The Hall–Kier alpha value is -2.29. The van der Waals surface area contributed by atoms with Crippen LogP contribution in [0, 0.1) is 6.92 Å². The number of aryl methyl sites for hydroxylation is 2. The van der Waals surface area contributed by atoms with Crippen molar-refractivity contribution in [1.82, 2.24) is 0 Å². The standard InChI is InChI=1S/C17H18O3/c1-3-8-14-10-5-7-12-16(14)20-17(18)19-15-11-6-4-9-13(15)2/h4-7,9-12H,3,8H2,1-2H3. The number of carbonyl (C=O) groups excluding carboxylic acids is 1. The molecule has 104 valence electrons. The molecule has 0 saturated carbocycles. The molecule has 3 nitrogen and oxygen atoms in total. The van der Waals surface area contributed by atoms with Gasteiger partial charge in [-0.1, -0.05) is 49.7 Å². The van der Waals surface area contributed by atoms with Crippen molar-refractivity contribution in [3.8, 4) is 11.5 Å². The van der Waals surface area contributed by atoms with E-state index in [4.69, 9.17) is 9.47 Å². The van der Waals surface area contributed by atoms with Crippen LogP contribution in [0.15, 0.2) is 48.5 Å². The highest BCUT2D eigenvalue weighted by atomic mass is 16.7. The minimum Gasteiger partial charge on any atom is -0.394 e. The molecular weight excluding hydrogens is 252 g/mol. The maximum Gasteiger partial charge on any atom is 0.519 e. The number of hydrogen-bond donors (Lipinski definition) is 0. The van der Waals surface area contributed by atoms with Crippen LogP contribution in [0.4, 0.5) is 4.79 Å². The summed E-state index contributed by atoms with van der Waals surface area (Å²) >= 11 is 0. The Morgan fingerprint density at radius 2 is 1.55 bits per heavy atom. The molecule has 2 aromatic carbocycles. The fraction of sp³-hybridized carbons (Fsp3) is 0.235. The number of para-hydroxylation sites is 2. The molecule has 0 heterocycles. The van der Waals surface area contributed by atoms with Crippen molar-refractivity contribution in [2.45, 2.75) is 26.7 Å². The number of carbonyl (C=O) groups is 1. The fourth-order valence-electron chi connectivity index (χ4n) is 1.95. The maximum absolute atomic E-state index is 11.8. The molecule has 0 aliphatic carbocycles. The zero-order valence-corrected chi connectivity index (χ0v) is 11.8. The minimum atomic E-state index is -0.706. The molecule has 0 aromatic heterocycles. The van der Waals surface area contributed by atoms with E-state index in [1.165, 1.54) is 0 Å². The molecule has 20 heavy (non-hydrogen) atoms. The molecule has 0 amide bonds. The lowest BCUT2D eigenvalue weighted by molar-refractivity contribution is 0.151. The number of rotatable bonds is 4. The van der Waals surface area contributed by atoms with Crippen LogP contribution in [0.25, 0.3) is 0 Å². The quantitative estimate of drug-likeness (QED) is 0.605. The van der Waals surface area contributed by atoms with Gasteiger partial charge in [-0.3, -0.25) is 0 Å². The Morgan fingerprint density at radius 1 is 0.950 bits per heavy atom. The molecule has 0 N–H and O–H groups in total. The lowest BCUT2D eigenvalue weighted by atomic mass is 10.1. The van der Waals surface area contributed by atoms with E-state index in [0.717, 1.165) is 24.0 Å². The van der Waals surface area contributed by atoms with Crippen molar-refractivity contribution < 1.29 is 14.3 Å². The molecule has 0 bridgehead atoms. The summed E-state index contributed by atoms with van der Waals surface area (Å²) in [6.45, 7) is 3.97. The third kappa shape index (κ3) is 3.60. The van der Waals surface area contributed by atoms with Gasteiger partial charge in [0.2, 0.25) is 0 Å². The molecule has 0 aliphatic heterocycles. The van der Waals surface area contributed by atoms with Gasteiger partial charge in [0, 0.05) is 0 Å². The first kappa shape index (κ1) is 14.1. The van der Waals surface area contributed by atoms with Crippen LogP contribution in [0.1, 0.15) is 24.5 Å². The summed E-state index contributed by atoms with van der Waals surface area (Å²) in [5.74, 6) is 1.08. The second kappa shape index (κ2) is 6.75. The Kier molecular flexibility index (Phi) is 4.77. The topological polar surface area (TPSA) is 35.5 Å². The smallest absolute Gasteiger partial charge is 0.394 e. The van der Waals surface area contributed by atoms with E-state index in [0.29, 0.717) is 11.5 Å². The van der Waals surface area contributed by atoms with Crippen LogP contribution in [0.5, 0.6) is 11.5 Å². The fourth-order valence-corrected chi connectivity index (χ4v) is 1.95. The summed E-state index contributed by atoms with van der Waals surface area (Å²) < 4.78 is 10.5. The van der Waals surface area contributed by atoms with E-state index in [2.05, 4.69) is 6.92 Å². The van der Waals surface area contributed by atoms with Crippen molar-refractivity contribution in [3.05, 3.63) is 59.7 Å². The Balaban J connectivity index is 2.07. The molecule has 0 atom stereocenters. The molecule has 0 unspecified atom stereocenters. The normalized spacial score (nSPS) is 10.1. The van der Waals surface area contributed by atoms with E-state index < -0.39 is 6.16 Å². The first-order valence-corrected chi connectivity index (χ1v) is 6.74. The summed E-state index contributed by atoms with van der Waals surface area (Å²) in [6.07, 6.45) is 1.16. The van der Waals surface area contributed by atoms with Gasteiger partial charge in [0.1, 0.15) is 11.5 Å². The Labute approximate surface area is 119 Å². The van der Waals surface area contributed by atoms with E-state index >= 15 is 0 Å². The van der Waals surface area contributed by atoms with Gasteiger partial charge in [-0.25, -0.2) is 4.79 Å². The zero-order chi connectivity index (χ0) is 14.4. The van der Waals surface area contributed by atoms with Crippen LogP contribution in [-0.4, -0.2) is 6.16 Å². The largest absolute Gasteiger partial charge is 0.519 e. The summed E-state index contributed by atoms with van der Waals surface area (Å²) in [6, 6.07) is 14.9. The third-order valence-corrected chi connectivity index (χ3v) is 2.97. The zero-order valence-electron chi connectivity index (χ0n) is 11.8. The predicted octanol–water partition coefficient (Wildman–Crippen LogP) is 4.53. The highest BCUT2D eigenvalue weighted by Crippen LogP contribution is 2.21. The van der Waals surface area contributed by atoms with Crippen molar-refractivity contribution >= 4 is 6.16 Å². The monoisotopic (exact) mass is 270 g/mol. The maximum atomic E-state index is 11.8. The SMILES string of the molecule is CCCc1ccccc1OC(=O)Oc1ccccc1C. The average molecular weight is 270 g/mol. The minimum absolute atomic E-state index is 0.519. The average Bonchev–Trinajstić information content (AvgIpc) is 2.44. The van der Waals surface area contributed by atoms with Crippen molar-refractivity contribution in [3.63, 3.8) is 0 Å². The van der Waals surface area contributed by atoms with Gasteiger partial charge in [0.15, 0.2) is 0 Å². The van der Waals surface area contributed by atoms with E-state index in [9.17, 15) is 4.79 Å². The van der Waals surface area contributed by atoms with Gasteiger partial charge in [-0.05, 0) is 36.6 Å². The highest BCUT2D eigenvalue weighted by Gasteiger charge is 2.11. The van der Waals surface area contributed by atoms with Crippen molar-refractivity contribution in [2.75, 3.05) is 0 Å². The summed E-state index contributed by atoms with van der Waals surface area (Å²) in [5.41, 5.74) is 1.91. The molecule has 0 aliphatic rings. The summed E-state index contributed by atoms with van der Waals surface area (Å²) in [4.78, 5) is 11.8. The molecule has 0 spiro atoms. The highest BCUT2D eigenvalue weighted by molar-refractivity contribution is 5.68. The summed E-state index contributed by atoms with van der Waals surface area (Å²) in [5, 5.41) is 0. The third-order valence-electron chi connectivity index (χ3n) is 2.97. The first-order valence-electron chi connectivity index (χ1n) is 6.74. The summed E-state index contributed by atoms with van der Waals surface area (Å²) in [7, 11) is 0. The molecule has 2 rings (SSSR count). The van der Waals surface area contributed by atoms with E-state index in [1.54, 1.807) is 12.1 Å². The molecule has 0 saturated heterocycles.